The minimum absolute atomic E-state index is 0.211. The molecule has 0 bridgehead atoms. The number of aromatic nitrogens is 2. The predicted molar refractivity (Wildman–Crippen MR) is 63.6 cm³/mol. The van der Waals surface area contributed by atoms with Crippen molar-refractivity contribution in [2.45, 2.75) is 12.7 Å². The number of nitrogens with zero attached hydrogens (tertiary/aromatic N) is 2. The molecule has 0 aliphatic heterocycles. The smallest absolute Gasteiger partial charge is 0.419 e. The molecule has 0 unspecified atom stereocenters. The van der Waals surface area contributed by atoms with Gasteiger partial charge in [0.15, 0.2) is 0 Å². The Morgan fingerprint density at radius 3 is 2.74 bits per heavy atom. The van der Waals surface area contributed by atoms with Gasteiger partial charge in [0.1, 0.15) is 12.4 Å². The second-order valence-electron chi connectivity index (χ2n) is 3.91. The summed E-state index contributed by atoms with van der Waals surface area (Å²) in [5.41, 5.74) is 5.37. The molecule has 1 heterocycles. The number of halogens is 3. The molecule has 0 radical (unpaired) electrons. The van der Waals surface area contributed by atoms with E-state index in [0.717, 1.165) is 12.4 Å². The van der Waals surface area contributed by atoms with Crippen molar-refractivity contribution in [2.24, 2.45) is 0 Å². The highest BCUT2D eigenvalue weighted by atomic mass is 19.4. The van der Waals surface area contributed by atoms with E-state index in [4.69, 9.17) is 10.5 Å². The lowest BCUT2D eigenvalue weighted by atomic mass is 10.3. The van der Waals surface area contributed by atoms with Gasteiger partial charge in [0.05, 0.1) is 18.3 Å². The van der Waals surface area contributed by atoms with Crippen molar-refractivity contribution in [2.75, 3.05) is 12.3 Å². The van der Waals surface area contributed by atoms with Gasteiger partial charge in [-0.25, -0.2) is 0 Å². The SMILES string of the molecule is Nc1cccc(OCCn2cc(C(F)(F)F)cn2)c1. The highest BCUT2D eigenvalue weighted by Gasteiger charge is 2.32. The van der Waals surface area contributed by atoms with Crippen LogP contribution >= 0.6 is 0 Å². The van der Waals surface area contributed by atoms with Gasteiger partial charge < -0.3 is 10.5 Å². The Morgan fingerprint density at radius 1 is 1.32 bits per heavy atom. The standard InChI is InChI=1S/C12H12F3N3O/c13-12(14,15)9-7-17-18(8-9)4-5-19-11-3-1-2-10(16)6-11/h1-3,6-8H,4-5,16H2. The van der Waals surface area contributed by atoms with Gasteiger partial charge in [0.2, 0.25) is 0 Å². The Labute approximate surface area is 107 Å². The highest BCUT2D eigenvalue weighted by Crippen LogP contribution is 2.28. The highest BCUT2D eigenvalue weighted by molar-refractivity contribution is 5.43. The van der Waals surface area contributed by atoms with Gasteiger partial charge in [0.25, 0.3) is 0 Å². The molecule has 2 N–H and O–H groups in total. The fraction of sp³-hybridized carbons (Fsp3) is 0.250. The summed E-state index contributed by atoms with van der Waals surface area (Å²) >= 11 is 0. The van der Waals surface area contributed by atoms with E-state index in [1.807, 2.05) is 0 Å². The van der Waals surface area contributed by atoms with Crippen molar-refractivity contribution in [3.05, 3.63) is 42.2 Å². The normalized spacial score (nSPS) is 11.5. The Kier molecular flexibility index (Phi) is 3.64. The van der Waals surface area contributed by atoms with Gasteiger partial charge in [-0.05, 0) is 12.1 Å². The van der Waals surface area contributed by atoms with Crippen LogP contribution in [0, 0.1) is 0 Å². The van der Waals surface area contributed by atoms with E-state index < -0.39 is 11.7 Å². The maximum absolute atomic E-state index is 12.3. The molecule has 2 rings (SSSR count). The van der Waals surface area contributed by atoms with Crippen LogP contribution < -0.4 is 10.5 Å². The molecule has 1 aromatic heterocycles. The van der Waals surface area contributed by atoms with E-state index in [1.165, 1.54) is 4.68 Å². The minimum atomic E-state index is -4.37. The van der Waals surface area contributed by atoms with E-state index in [0.29, 0.717) is 11.4 Å². The molecule has 0 saturated heterocycles. The third kappa shape index (κ3) is 3.64. The van der Waals surface area contributed by atoms with Gasteiger partial charge in [-0.1, -0.05) is 6.07 Å². The predicted octanol–water partition coefficient (Wildman–Crippen LogP) is 2.56. The topological polar surface area (TPSA) is 53.1 Å². The molecule has 0 atom stereocenters. The summed E-state index contributed by atoms with van der Waals surface area (Å²) in [6.07, 6.45) is -2.63. The number of ether oxygens (including phenoxy) is 1. The summed E-state index contributed by atoms with van der Waals surface area (Å²) in [6.45, 7) is 0.438. The van der Waals surface area contributed by atoms with Gasteiger partial charge in [-0.2, -0.15) is 18.3 Å². The van der Waals surface area contributed by atoms with Crippen molar-refractivity contribution < 1.29 is 17.9 Å². The first-order valence-electron chi connectivity index (χ1n) is 5.53. The first-order chi connectivity index (χ1) is 8.95. The van der Waals surface area contributed by atoms with Crippen molar-refractivity contribution in [3.8, 4) is 5.75 Å². The molecule has 7 heteroatoms. The molecular weight excluding hydrogens is 259 g/mol. The number of nitrogen functional groups attached to an aromatic ring is 1. The lowest BCUT2D eigenvalue weighted by Crippen LogP contribution is -2.09. The fourth-order valence-electron chi connectivity index (χ4n) is 1.49. The van der Waals surface area contributed by atoms with Crippen LogP contribution in [-0.2, 0) is 12.7 Å². The number of rotatable bonds is 4. The first kappa shape index (κ1) is 13.3. The van der Waals surface area contributed by atoms with Crippen LogP contribution in [-0.4, -0.2) is 16.4 Å². The van der Waals surface area contributed by atoms with E-state index in [-0.39, 0.29) is 13.2 Å². The van der Waals surface area contributed by atoms with E-state index in [2.05, 4.69) is 5.10 Å². The summed E-state index contributed by atoms with van der Waals surface area (Å²) in [5, 5.41) is 3.62. The second-order valence-corrected chi connectivity index (χ2v) is 3.91. The lowest BCUT2D eigenvalue weighted by Gasteiger charge is -2.06. The molecule has 4 nitrogen and oxygen atoms in total. The van der Waals surface area contributed by atoms with Crippen molar-refractivity contribution in [1.82, 2.24) is 9.78 Å². The van der Waals surface area contributed by atoms with Crippen LogP contribution in [0.25, 0.3) is 0 Å². The summed E-state index contributed by atoms with van der Waals surface area (Å²) in [6, 6.07) is 6.82. The Hall–Kier alpha value is -2.18. The van der Waals surface area contributed by atoms with E-state index in [1.54, 1.807) is 24.3 Å². The maximum Gasteiger partial charge on any atom is 0.419 e. The molecule has 1 aromatic carbocycles. The Morgan fingerprint density at radius 2 is 2.11 bits per heavy atom. The van der Waals surface area contributed by atoms with Crippen LogP contribution in [0.3, 0.4) is 0 Å². The van der Waals surface area contributed by atoms with E-state index in [9.17, 15) is 13.2 Å². The van der Waals surface area contributed by atoms with Gasteiger partial charge >= 0.3 is 6.18 Å². The average Bonchev–Trinajstić information content (AvgIpc) is 2.77. The summed E-state index contributed by atoms with van der Waals surface area (Å²) in [5.74, 6) is 0.572. The second kappa shape index (κ2) is 5.21. The van der Waals surface area contributed by atoms with Crippen molar-refractivity contribution >= 4 is 5.69 Å². The van der Waals surface area contributed by atoms with Crippen molar-refractivity contribution in [3.63, 3.8) is 0 Å². The maximum atomic E-state index is 12.3. The molecule has 0 aliphatic carbocycles. The minimum Gasteiger partial charge on any atom is -0.492 e. The largest absolute Gasteiger partial charge is 0.492 e. The molecule has 0 spiro atoms. The van der Waals surface area contributed by atoms with Gasteiger partial charge in [-0.15, -0.1) is 0 Å². The molecule has 0 fully saturated rings. The molecule has 0 saturated carbocycles. The molecule has 0 amide bonds. The number of nitrogens with two attached hydrogens (primary N) is 1. The lowest BCUT2D eigenvalue weighted by molar-refractivity contribution is -0.137. The van der Waals surface area contributed by atoms with Gasteiger partial charge in [0, 0.05) is 18.0 Å². The molecular formula is C12H12F3N3O. The van der Waals surface area contributed by atoms with Gasteiger partial charge in [-0.3, -0.25) is 4.68 Å². The van der Waals surface area contributed by atoms with Crippen molar-refractivity contribution in [1.29, 1.82) is 0 Å². The van der Waals surface area contributed by atoms with Crippen LogP contribution in [0.5, 0.6) is 5.75 Å². The monoisotopic (exact) mass is 271 g/mol. The number of hydrogen-bond acceptors (Lipinski definition) is 3. The molecule has 0 aliphatic rings. The Balaban J connectivity index is 1.88. The number of alkyl halides is 3. The van der Waals surface area contributed by atoms with Crippen LogP contribution in [0.2, 0.25) is 0 Å². The summed E-state index contributed by atoms with van der Waals surface area (Å²) in [7, 11) is 0. The Bertz CT molecular complexity index is 551. The number of benzene rings is 1. The third-order valence-electron chi connectivity index (χ3n) is 2.41. The van der Waals surface area contributed by atoms with Crippen LogP contribution in [0.1, 0.15) is 5.56 Å². The summed E-state index contributed by atoms with van der Waals surface area (Å²) in [4.78, 5) is 0. The zero-order valence-corrected chi connectivity index (χ0v) is 9.89. The molecule has 19 heavy (non-hydrogen) atoms. The first-order valence-corrected chi connectivity index (χ1v) is 5.53. The third-order valence-corrected chi connectivity index (χ3v) is 2.41. The fourth-order valence-corrected chi connectivity index (χ4v) is 1.49. The zero-order chi connectivity index (χ0) is 13.9. The number of anilines is 1. The van der Waals surface area contributed by atoms with Crippen LogP contribution in [0.15, 0.2) is 36.7 Å². The molecule has 102 valence electrons. The quantitative estimate of drug-likeness (QED) is 0.869. The zero-order valence-electron chi connectivity index (χ0n) is 9.89. The summed E-state index contributed by atoms with van der Waals surface area (Å²) < 4.78 is 43.6. The number of hydrogen-bond donors (Lipinski definition) is 1. The molecule has 2 aromatic rings. The van der Waals surface area contributed by atoms with E-state index >= 15 is 0 Å². The average molecular weight is 271 g/mol. The van der Waals surface area contributed by atoms with Crippen LogP contribution in [0.4, 0.5) is 18.9 Å².